The number of fused-ring (bicyclic) bond motifs is 3. The molecule has 0 spiro atoms. The fourth-order valence-electron chi connectivity index (χ4n) is 9.51. The van der Waals surface area contributed by atoms with Crippen LogP contribution in [0.5, 0.6) is 17.2 Å². The molecular weight excluding hydrogens is 625 g/mol. The lowest BCUT2D eigenvalue weighted by Gasteiger charge is -2.26. The van der Waals surface area contributed by atoms with Crippen molar-refractivity contribution in [3.05, 3.63) is 193 Å². The van der Waals surface area contributed by atoms with Crippen molar-refractivity contribution >= 4 is 0 Å². The van der Waals surface area contributed by atoms with Crippen LogP contribution in [0.1, 0.15) is 120 Å². The highest BCUT2D eigenvalue weighted by Crippen LogP contribution is 2.65. The molecule has 0 N–H and O–H groups in total. The Labute approximate surface area is 300 Å². The minimum atomic E-state index is -0.186. The number of benzene rings is 6. The Hall–Kier alpha value is -5.28. The second kappa shape index (κ2) is 11.1. The van der Waals surface area contributed by atoms with E-state index in [4.69, 9.17) is 14.2 Å². The van der Waals surface area contributed by atoms with Crippen LogP contribution < -0.4 is 14.2 Å². The van der Waals surface area contributed by atoms with Gasteiger partial charge in [-0.2, -0.15) is 0 Å². The van der Waals surface area contributed by atoms with Crippen LogP contribution in [0.2, 0.25) is 0 Å². The summed E-state index contributed by atoms with van der Waals surface area (Å²) in [6.07, 6.45) is -0.559. The zero-order chi connectivity index (χ0) is 34.7. The lowest BCUT2D eigenvalue weighted by Crippen LogP contribution is -2.16. The van der Waals surface area contributed by atoms with E-state index in [0.29, 0.717) is 0 Å². The van der Waals surface area contributed by atoms with E-state index >= 15 is 0 Å². The molecule has 6 aromatic rings. The van der Waals surface area contributed by atoms with Gasteiger partial charge in [-0.15, -0.1) is 0 Å². The van der Waals surface area contributed by atoms with E-state index in [0.717, 1.165) is 17.2 Å². The van der Waals surface area contributed by atoms with Crippen LogP contribution in [0.4, 0.5) is 0 Å². The minimum absolute atomic E-state index is 0.0343. The number of hydrogen-bond donors (Lipinski definition) is 0. The first-order valence-corrected chi connectivity index (χ1v) is 18.3. The Bertz CT molecular complexity index is 2100. The van der Waals surface area contributed by atoms with Gasteiger partial charge in [0.15, 0.2) is 0 Å². The molecule has 4 aliphatic rings. The van der Waals surface area contributed by atoms with Gasteiger partial charge in [-0.25, -0.2) is 0 Å². The molecule has 6 atom stereocenters. The number of aryl methyl sites for hydroxylation is 6. The molecule has 0 saturated heterocycles. The van der Waals surface area contributed by atoms with Gasteiger partial charge in [-0.05, 0) is 110 Å². The molecule has 0 saturated carbocycles. The van der Waals surface area contributed by atoms with Crippen LogP contribution in [0.3, 0.4) is 0 Å². The van der Waals surface area contributed by atoms with Crippen molar-refractivity contribution in [3.63, 3.8) is 0 Å². The fraction of sp³-hybridized carbons (Fsp3) is 0.250. The Morgan fingerprint density at radius 1 is 0.314 bits per heavy atom. The number of rotatable bonds is 3. The average molecular weight is 667 g/mol. The largest absolute Gasteiger partial charge is 0.484 e. The molecule has 0 radical (unpaired) electrons. The minimum Gasteiger partial charge on any atom is -0.484 e. The predicted octanol–water partition coefficient (Wildman–Crippen LogP) is 11.6. The standard InChI is InChI=1S/C48H42O3/c1-25-7-13-31(14-8-25)46-43-34-19-28(4)23-38-41(34)45(48(50-38)33-17-11-27(3)12-18-33)36-21-30(6)24-39-42(36)44(35-20-29(5)22-37(49-46)40(35)43)47(51-39)32-15-9-26(2)10-16-32/h7-24,43-48H,1-6H3. The average Bonchev–Trinajstić information content (AvgIpc) is 3.80. The first-order valence-electron chi connectivity index (χ1n) is 18.3. The Balaban J connectivity index is 1.33. The molecule has 6 aromatic carbocycles. The van der Waals surface area contributed by atoms with Crippen molar-refractivity contribution in [2.75, 3.05) is 0 Å². The monoisotopic (exact) mass is 666 g/mol. The van der Waals surface area contributed by atoms with Gasteiger partial charge in [0.1, 0.15) is 35.6 Å². The molecule has 3 heteroatoms. The van der Waals surface area contributed by atoms with Crippen molar-refractivity contribution in [2.24, 2.45) is 0 Å². The maximum Gasteiger partial charge on any atom is 0.135 e. The summed E-state index contributed by atoms with van der Waals surface area (Å²) >= 11 is 0. The Morgan fingerprint density at radius 3 is 0.824 bits per heavy atom. The molecule has 51 heavy (non-hydrogen) atoms. The number of hydrogen-bond acceptors (Lipinski definition) is 3. The van der Waals surface area contributed by atoms with Crippen molar-refractivity contribution < 1.29 is 14.2 Å². The third-order valence-corrected chi connectivity index (χ3v) is 11.8. The van der Waals surface area contributed by atoms with Crippen molar-refractivity contribution in [3.8, 4) is 17.2 Å². The second-order valence-electron chi connectivity index (χ2n) is 15.6. The maximum atomic E-state index is 7.20. The molecule has 6 unspecified atom stereocenters. The summed E-state index contributed by atoms with van der Waals surface area (Å²) in [5, 5.41) is 0. The van der Waals surface area contributed by atoms with Crippen LogP contribution in [0.15, 0.2) is 109 Å². The zero-order valence-corrected chi connectivity index (χ0v) is 30.1. The summed E-state index contributed by atoms with van der Waals surface area (Å²) in [6, 6.07) is 40.9. The second-order valence-corrected chi connectivity index (χ2v) is 15.6. The van der Waals surface area contributed by atoms with Crippen molar-refractivity contribution in [2.45, 2.75) is 77.6 Å². The van der Waals surface area contributed by atoms with E-state index in [1.165, 1.54) is 83.5 Å². The highest BCUT2D eigenvalue weighted by Gasteiger charge is 2.52. The highest BCUT2D eigenvalue weighted by atomic mass is 16.5. The topological polar surface area (TPSA) is 27.7 Å². The van der Waals surface area contributed by atoms with Gasteiger partial charge in [0.2, 0.25) is 0 Å². The van der Waals surface area contributed by atoms with Crippen molar-refractivity contribution in [1.29, 1.82) is 0 Å². The highest BCUT2D eigenvalue weighted by molar-refractivity contribution is 5.69. The van der Waals surface area contributed by atoms with E-state index in [1.807, 2.05) is 0 Å². The lowest BCUT2D eigenvalue weighted by atomic mass is 9.76. The molecule has 3 nitrogen and oxygen atoms in total. The van der Waals surface area contributed by atoms with Crippen LogP contribution in [0.25, 0.3) is 0 Å². The maximum absolute atomic E-state index is 7.20. The first-order chi connectivity index (χ1) is 24.7. The van der Waals surface area contributed by atoms with Crippen molar-refractivity contribution in [1.82, 2.24) is 0 Å². The predicted molar refractivity (Wildman–Crippen MR) is 203 cm³/mol. The van der Waals surface area contributed by atoms with Gasteiger partial charge in [0.05, 0.1) is 17.8 Å². The third-order valence-electron chi connectivity index (χ3n) is 11.8. The lowest BCUT2D eigenvalue weighted by molar-refractivity contribution is 0.220. The molecule has 3 aliphatic heterocycles. The van der Waals surface area contributed by atoms with Gasteiger partial charge >= 0.3 is 0 Å². The first kappa shape index (κ1) is 30.5. The van der Waals surface area contributed by atoms with Crippen LogP contribution in [-0.4, -0.2) is 0 Å². The molecule has 0 amide bonds. The number of ether oxygens (including phenoxy) is 3. The van der Waals surface area contributed by atoms with Crippen LogP contribution in [-0.2, 0) is 0 Å². The Kier molecular flexibility index (Phi) is 6.65. The Morgan fingerprint density at radius 2 is 0.569 bits per heavy atom. The molecule has 0 aromatic heterocycles. The molecule has 3 heterocycles. The van der Waals surface area contributed by atoms with E-state index in [1.54, 1.807) is 0 Å². The SMILES string of the molecule is Cc1ccc(C2Oc3cc(C)cc4c3C2c2cc(C)cc3c2C(c2cc(C)cc5c2C4C(c2ccc(C)cc2)O5)C(c2ccc(C)cc2)O3)cc1. The van der Waals surface area contributed by atoms with Crippen LogP contribution >= 0.6 is 0 Å². The van der Waals surface area contributed by atoms with Gasteiger partial charge in [-0.1, -0.05) is 108 Å². The third kappa shape index (κ3) is 4.63. The molecule has 0 fully saturated rings. The summed E-state index contributed by atoms with van der Waals surface area (Å²) in [6.45, 7) is 13.1. The summed E-state index contributed by atoms with van der Waals surface area (Å²) in [5.74, 6) is 2.84. The van der Waals surface area contributed by atoms with Gasteiger partial charge in [0.25, 0.3) is 0 Å². The fourth-order valence-corrected chi connectivity index (χ4v) is 9.51. The quantitative estimate of drug-likeness (QED) is 0.188. The van der Waals surface area contributed by atoms with Gasteiger partial charge in [0, 0.05) is 16.7 Å². The smallest absolute Gasteiger partial charge is 0.135 e. The summed E-state index contributed by atoms with van der Waals surface area (Å²) in [4.78, 5) is 0. The molecule has 0 bridgehead atoms. The van der Waals surface area contributed by atoms with E-state index in [2.05, 4.69) is 151 Å². The normalized spacial score (nSPS) is 23.2. The summed E-state index contributed by atoms with van der Waals surface area (Å²) in [7, 11) is 0. The summed E-state index contributed by atoms with van der Waals surface area (Å²) in [5.41, 5.74) is 18.7. The van der Waals surface area contributed by atoms with E-state index < -0.39 is 0 Å². The van der Waals surface area contributed by atoms with E-state index in [9.17, 15) is 0 Å². The zero-order valence-electron chi connectivity index (χ0n) is 30.1. The molecular formula is C48H42O3. The molecule has 252 valence electrons. The summed E-state index contributed by atoms with van der Waals surface area (Å²) < 4.78 is 21.6. The van der Waals surface area contributed by atoms with Crippen LogP contribution in [0, 0.1) is 41.5 Å². The van der Waals surface area contributed by atoms with Gasteiger partial charge in [-0.3, -0.25) is 0 Å². The van der Waals surface area contributed by atoms with Gasteiger partial charge < -0.3 is 14.2 Å². The van der Waals surface area contributed by atoms with E-state index in [-0.39, 0.29) is 36.1 Å². The molecule has 1 aliphatic carbocycles. The molecule has 10 rings (SSSR count).